The van der Waals surface area contributed by atoms with Crippen molar-refractivity contribution in [3.8, 4) is 11.1 Å². The number of benzene rings is 2. The van der Waals surface area contributed by atoms with Crippen LogP contribution in [0.15, 0.2) is 47.3 Å². The van der Waals surface area contributed by atoms with Gasteiger partial charge in [0.25, 0.3) is 11.5 Å². The summed E-state index contributed by atoms with van der Waals surface area (Å²) in [5.74, 6) is -1.57. The number of carbonyl (C=O) groups is 1. The van der Waals surface area contributed by atoms with Gasteiger partial charge in [0.15, 0.2) is 0 Å². The number of nitrogens with one attached hydrogen (secondary N) is 1. The van der Waals surface area contributed by atoms with Gasteiger partial charge in [-0.3, -0.25) is 9.59 Å². The van der Waals surface area contributed by atoms with E-state index < -0.39 is 41.7 Å². The van der Waals surface area contributed by atoms with Gasteiger partial charge in [-0.25, -0.2) is 4.39 Å². The number of amides is 1. The molecule has 0 fully saturated rings. The Labute approximate surface area is 224 Å². The standard InChI is InChI=1S/C28H24F7N3O2/c1-15-12-37(14-16-8-18(27(30,31)32)10-19(9-16)28(33,34)35)26(40)24-23(17-2-4-20(29)5-3-17)21-6-7-36-11-22(21)25(39)38(24)13-15/h2-5,8-10,15,36H,6-7,11-14H2,1H3/t15-/m0/s1. The molecule has 2 aromatic carbocycles. The van der Waals surface area contributed by atoms with Crippen LogP contribution in [0, 0.1) is 11.7 Å². The Bertz CT molecular complexity index is 1490. The molecule has 0 aliphatic carbocycles. The van der Waals surface area contributed by atoms with E-state index in [1.807, 2.05) is 0 Å². The molecule has 0 radical (unpaired) electrons. The van der Waals surface area contributed by atoms with E-state index in [9.17, 15) is 40.3 Å². The topological polar surface area (TPSA) is 54.3 Å². The van der Waals surface area contributed by atoms with Crippen LogP contribution in [0.25, 0.3) is 11.1 Å². The van der Waals surface area contributed by atoms with Gasteiger partial charge in [-0.1, -0.05) is 19.1 Å². The van der Waals surface area contributed by atoms with Crippen molar-refractivity contribution in [3.63, 3.8) is 0 Å². The molecule has 12 heteroatoms. The highest BCUT2D eigenvalue weighted by molar-refractivity contribution is 6.00. The molecule has 2 aliphatic heterocycles. The highest BCUT2D eigenvalue weighted by atomic mass is 19.4. The van der Waals surface area contributed by atoms with Crippen molar-refractivity contribution in [3.05, 3.63) is 92.1 Å². The number of pyridine rings is 1. The van der Waals surface area contributed by atoms with Gasteiger partial charge < -0.3 is 14.8 Å². The minimum atomic E-state index is -5.03. The van der Waals surface area contributed by atoms with Gasteiger partial charge in [0, 0.05) is 37.3 Å². The lowest BCUT2D eigenvalue weighted by molar-refractivity contribution is -0.143. The van der Waals surface area contributed by atoms with Crippen molar-refractivity contribution >= 4 is 5.91 Å². The number of halogens is 7. The van der Waals surface area contributed by atoms with Crippen molar-refractivity contribution in [2.45, 2.75) is 45.3 Å². The van der Waals surface area contributed by atoms with Gasteiger partial charge >= 0.3 is 12.4 Å². The first-order valence-corrected chi connectivity index (χ1v) is 12.6. The smallest absolute Gasteiger partial charge is 0.333 e. The Kier molecular flexibility index (Phi) is 7.01. The lowest BCUT2D eigenvalue weighted by Crippen LogP contribution is -2.38. The van der Waals surface area contributed by atoms with Crippen LogP contribution < -0.4 is 10.9 Å². The third-order valence-corrected chi connectivity index (χ3v) is 7.20. The summed E-state index contributed by atoms with van der Waals surface area (Å²) in [5, 5.41) is 3.14. The van der Waals surface area contributed by atoms with Crippen molar-refractivity contribution in [2.75, 3.05) is 13.1 Å². The fourth-order valence-electron chi connectivity index (χ4n) is 5.48. The Balaban J connectivity index is 1.68. The zero-order valence-electron chi connectivity index (χ0n) is 21.2. The summed E-state index contributed by atoms with van der Waals surface area (Å²) >= 11 is 0. The second kappa shape index (κ2) is 10.1. The Morgan fingerprint density at radius 3 is 2.12 bits per heavy atom. The fraction of sp³-hybridized carbons (Fsp3) is 0.357. The van der Waals surface area contributed by atoms with E-state index in [1.165, 1.54) is 33.7 Å². The summed E-state index contributed by atoms with van der Waals surface area (Å²) in [6.07, 6.45) is -9.67. The second-order valence-corrected chi connectivity index (χ2v) is 10.2. The molecule has 2 aliphatic rings. The van der Waals surface area contributed by atoms with Crippen molar-refractivity contribution in [1.82, 2.24) is 14.8 Å². The maximum absolute atomic E-state index is 14.1. The number of aromatic nitrogens is 1. The van der Waals surface area contributed by atoms with Crippen molar-refractivity contribution < 1.29 is 35.5 Å². The van der Waals surface area contributed by atoms with Crippen LogP contribution in [0.1, 0.15) is 45.2 Å². The highest BCUT2D eigenvalue weighted by Crippen LogP contribution is 2.38. The summed E-state index contributed by atoms with van der Waals surface area (Å²) in [6, 6.07) is 6.63. The monoisotopic (exact) mass is 567 g/mol. The first-order valence-electron chi connectivity index (χ1n) is 12.6. The number of hydrogen-bond donors (Lipinski definition) is 1. The van der Waals surface area contributed by atoms with Crippen LogP contribution in [0.2, 0.25) is 0 Å². The number of hydrogen-bond acceptors (Lipinski definition) is 3. The third-order valence-electron chi connectivity index (χ3n) is 7.20. The largest absolute Gasteiger partial charge is 0.416 e. The van der Waals surface area contributed by atoms with Gasteiger partial charge in [0.05, 0.1) is 11.1 Å². The molecule has 3 heterocycles. The van der Waals surface area contributed by atoms with E-state index in [2.05, 4.69) is 5.32 Å². The first kappa shape index (κ1) is 27.9. The lowest BCUT2D eigenvalue weighted by Gasteiger charge is -2.27. The predicted octanol–water partition coefficient (Wildman–Crippen LogP) is 5.63. The summed E-state index contributed by atoms with van der Waals surface area (Å²) < 4.78 is 95.9. The Morgan fingerprint density at radius 2 is 1.52 bits per heavy atom. The number of carbonyl (C=O) groups excluding carboxylic acids is 1. The molecule has 5 rings (SSSR count). The van der Waals surface area contributed by atoms with E-state index in [0.29, 0.717) is 47.4 Å². The zero-order valence-corrected chi connectivity index (χ0v) is 21.2. The van der Waals surface area contributed by atoms with Gasteiger partial charge in [-0.05, 0) is 65.9 Å². The Hall–Kier alpha value is -3.67. The number of nitrogens with zero attached hydrogens (tertiary/aromatic N) is 2. The van der Waals surface area contributed by atoms with E-state index in [0.717, 1.165) is 0 Å². The molecule has 1 amide bonds. The number of fused-ring (bicyclic) bond motifs is 2. The summed E-state index contributed by atoms with van der Waals surface area (Å²) in [5.41, 5.74) is -1.71. The molecule has 0 spiro atoms. The van der Waals surface area contributed by atoms with Crippen LogP contribution in [0.3, 0.4) is 0 Å². The fourth-order valence-corrected chi connectivity index (χ4v) is 5.48. The summed E-state index contributed by atoms with van der Waals surface area (Å²) in [7, 11) is 0. The highest BCUT2D eigenvalue weighted by Gasteiger charge is 2.38. The average Bonchev–Trinajstić information content (AvgIpc) is 3.00. The number of rotatable bonds is 3. The van der Waals surface area contributed by atoms with Crippen LogP contribution >= 0.6 is 0 Å². The van der Waals surface area contributed by atoms with Gasteiger partial charge in [0.1, 0.15) is 11.5 Å². The van der Waals surface area contributed by atoms with E-state index in [-0.39, 0.29) is 48.4 Å². The molecule has 40 heavy (non-hydrogen) atoms. The molecule has 1 aromatic heterocycles. The molecule has 0 unspecified atom stereocenters. The molecule has 5 nitrogen and oxygen atoms in total. The number of alkyl halides is 6. The van der Waals surface area contributed by atoms with Crippen LogP contribution in [0.5, 0.6) is 0 Å². The average molecular weight is 568 g/mol. The van der Waals surface area contributed by atoms with Crippen LogP contribution in [-0.4, -0.2) is 28.5 Å². The molecule has 0 saturated carbocycles. The molecular weight excluding hydrogens is 543 g/mol. The van der Waals surface area contributed by atoms with E-state index in [1.54, 1.807) is 6.92 Å². The second-order valence-electron chi connectivity index (χ2n) is 10.2. The zero-order chi connectivity index (χ0) is 29.0. The third kappa shape index (κ3) is 5.24. The minimum absolute atomic E-state index is 0.00960. The lowest BCUT2D eigenvalue weighted by atomic mass is 9.90. The maximum atomic E-state index is 14.1. The predicted molar refractivity (Wildman–Crippen MR) is 132 cm³/mol. The minimum Gasteiger partial charge on any atom is -0.333 e. The Morgan fingerprint density at radius 1 is 0.900 bits per heavy atom. The van der Waals surface area contributed by atoms with Crippen LogP contribution in [-0.2, 0) is 38.4 Å². The van der Waals surface area contributed by atoms with Crippen molar-refractivity contribution in [2.24, 2.45) is 5.92 Å². The van der Waals surface area contributed by atoms with Crippen molar-refractivity contribution in [1.29, 1.82) is 0 Å². The molecule has 0 saturated heterocycles. The van der Waals surface area contributed by atoms with Gasteiger partial charge in [0.2, 0.25) is 0 Å². The summed E-state index contributed by atoms with van der Waals surface area (Å²) in [4.78, 5) is 28.8. The molecule has 212 valence electrons. The van der Waals surface area contributed by atoms with Gasteiger partial charge in [-0.2, -0.15) is 26.3 Å². The normalized spacial score (nSPS) is 17.9. The SMILES string of the molecule is C[C@H]1CN(Cc2cc(C(F)(F)F)cc(C(F)(F)F)c2)C(=O)c2c(-c3ccc(F)cc3)c3c(c(=O)n2C1)CNCC3. The maximum Gasteiger partial charge on any atom is 0.416 e. The summed E-state index contributed by atoms with van der Waals surface area (Å²) in [6.45, 7) is 2.08. The molecule has 0 bridgehead atoms. The van der Waals surface area contributed by atoms with E-state index in [4.69, 9.17) is 0 Å². The molecular formula is C28H24F7N3O2. The molecule has 1 atom stereocenters. The van der Waals surface area contributed by atoms with Gasteiger partial charge in [-0.15, -0.1) is 0 Å². The first-order chi connectivity index (χ1) is 18.7. The molecule has 1 N–H and O–H groups in total. The van der Waals surface area contributed by atoms with Crippen LogP contribution in [0.4, 0.5) is 30.7 Å². The van der Waals surface area contributed by atoms with E-state index >= 15 is 0 Å². The molecule has 3 aromatic rings. The quantitative estimate of drug-likeness (QED) is 0.418.